The van der Waals surface area contributed by atoms with Gasteiger partial charge in [0.25, 0.3) is 0 Å². The Morgan fingerprint density at radius 2 is 1.59 bits per heavy atom. The maximum atomic E-state index is 9.78. The summed E-state index contributed by atoms with van der Waals surface area (Å²) in [7, 11) is 0. The van der Waals surface area contributed by atoms with E-state index in [2.05, 4.69) is 77.2 Å². The number of ether oxygens (including phenoxy) is 1. The summed E-state index contributed by atoms with van der Waals surface area (Å²) in [6.45, 7) is 0.486. The number of halogens is 1. The van der Waals surface area contributed by atoms with Crippen LogP contribution in [0.2, 0.25) is 0 Å². The zero-order valence-electron chi connectivity index (χ0n) is 15.7. The Morgan fingerprint density at radius 1 is 0.862 bits per heavy atom. The van der Waals surface area contributed by atoms with E-state index >= 15 is 0 Å². The molecule has 29 heavy (non-hydrogen) atoms. The van der Waals surface area contributed by atoms with Crippen LogP contribution in [0.25, 0.3) is 22.4 Å². The van der Waals surface area contributed by atoms with Gasteiger partial charge in [0.1, 0.15) is 12.4 Å². The molecule has 0 spiro atoms. The predicted octanol–water partition coefficient (Wildman–Crippen LogP) is 7.09. The van der Waals surface area contributed by atoms with Gasteiger partial charge in [0.15, 0.2) is 0 Å². The van der Waals surface area contributed by atoms with Crippen LogP contribution in [-0.2, 0) is 6.61 Å². The molecule has 4 aromatic rings. The van der Waals surface area contributed by atoms with Crippen LogP contribution in [0.5, 0.6) is 5.75 Å². The van der Waals surface area contributed by atoms with Crippen molar-refractivity contribution in [3.63, 3.8) is 0 Å². The fourth-order valence-corrected chi connectivity index (χ4v) is 3.53. The van der Waals surface area contributed by atoms with Crippen LogP contribution < -0.4 is 4.74 Å². The number of benzene rings is 4. The van der Waals surface area contributed by atoms with Crippen molar-refractivity contribution < 1.29 is 4.74 Å². The number of nitrogens with zero attached hydrogens (tertiary/aromatic N) is 1. The maximum Gasteiger partial charge on any atom is 0.127 e. The molecule has 0 fully saturated rings. The number of fused-ring (bicyclic) bond motifs is 1. The first-order chi connectivity index (χ1) is 14.2. The third kappa shape index (κ3) is 4.67. The van der Waals surface area contributed by atoms with E-state index in [9.17, 15) is 5.26 Å². The molecule has 0 radical (unpaired) electrons. The van der Waals surface area contributed by atoms with Crippen molar-refractivity contribution in [3.8, 4) is 11.8 Å². The predicted molar refractivity (Wildman–Crippen MR) is 127 cm³/mol. The third-order valence-corrected chi connectivity index (χ3v) is 5.43. The molecular formula is C26H18INO. The first-order valence-electron chi connectivity index (χ1n) is 9.30. The summed E-state index contributed by atoms with van der Waals surface area (Å²) in [6.07, 6.45) is 1.90. The topological polar surface area (TPSA) is 33.0 Å². The van der Waals surface area contributed by atoms with Crippen LogP contribution in [0.15, 0.2) is 91.0 Å². The SMILES string of the molecule is N#C/C(=C/c1ccccc1OCc1ccc(I)cc1)c1ccc2ccccc2c1. The number of para-hydroxylation sites is 1. The van der Waals surface area contributed by atoms with Crippen LogP contribution in [0, 0.1) is 14.9 Å². The molecule has 0 aliphatic carbocycles. The van der Waals surface area contributed by atoms with Gasteiger partial charge in [-0.2, -0.15) is 5.26 Å². The fourth-order valence-electron chi connectivity index (χ4n) is 3.17. The van der Waals surface area contributed by atoms with E-state index in [1.807, 2.05) is 48.5 Å². The highest BCUT2D eigenvalue weighted by Gasteiger charge is 2.07. The molecule has 0 aliphatic rings. The number of hydrogen-bond acceptors (Lipinski definition) is 2. The summed E-state index contributed by atoms with van der Waals surface area (Å²) < 4.78 is 7.26. The van der Waals surface area contributed by atoms with Gasteiger partial charge in [-0.3, -0.25) is 0 Å². The van der Waals surface area contributed by atoms with Gasteiger partial charge in [-0.1, -0.05) is 66.7 Å². The fraction of sp³-hybridized carbons (Fsp3) is 0.0385. The van der Waals surface area contributed by atoms with Crippen molar-refractivity contribution in [2.75, 3.05) is 0 Å². The summed E-state index contributed by atoms with van der Waals surface area (Å²) in [5.41, 5.74) is 3.52. The van der Waals surface area contributed by atoms with Crippen LogP contribution in [0.3, 0.4) is 0 Å². The van der Waals surface area contributed by atoms with E-state index in [1.54, 1.807) is 0 Å². The van der Waals surface area contributed by atoms with Crippen LogP contribution in [-0.4, -0.2) is 0 Å². The van der Waals surface area contributed by atoms with Crippen molar-refractivity contribution in [3.05, 3.63) is 111 Å². The quantitative estimate of drug-likeness (QED) is 0.171. The lowest BCUT2D eigenvalue weighted by Gasteiger charge is -2.10. The molecule has 3 heteroatoms. The Labute approximate surface area is 184 Å². The monoisotopic (exact) mass is 487 g/mol. The number of rotatable bonds is 5. The molecular weight excluding hydrogens is 469 g/mol. The van der Waals surface area contributed by atoms with Gasteiger partial charge < -0.3 is 4.74 Å². The lowest BCUT2D eigenvalue weighted by atomic mass is 10.00. The maximum absolute atomic E-state index is 9.78. The van der Waals surface area contributed by atoms with E-state index in [0.29, 0.717) is 12.2 Å². The summed E-state index contributed by atoms with van der Waals surface area (Å²) in [5, 5.41) is 12.1. The zero-order chi connectivity index (χ0) is 20.1. The Balaban J connectivity index is 1.63. The number of nitriles is 1. The molecule has 140 valence electrons. The van der Waals surface area contributed by atoms with Crippen molar-refractivity contribution >= 4 is 45.0 Å². The van der Waals surface area contributed by atoms with Crippen molar-refractivity contribution in [2.45, 2.75) is 6.61 Å². The lowest BCUT2D eigenvalue weighted by molar-refractivity contribution is 0.305. The molecule has 0 bridgehead atoms. The molecule has 0 amide bonds. The Hall–Kier alpha value is -3.10. The second-order valence-corrected chi connectivity index (χ2v) is 7.93. The number of hydrogen-bond donors (Lipinski definition) is 0. The molecule has 4 rings (SSSR count). The summed E-state index contributed by atoms with van der Waals surface area (Å²) in [5.74, 6) is 0.764. The normalized spacial score (nSPS) is 11.2. The zero-order valence-corrected chi connectivity index (χ0v) is 17.8. The van der Waals surface area contributed by atoms with Crippen molar-refractivity contribution in [2.24, 2.45) is 0 Å². The van der Waals surface area contributed by atoms with E-state index in [-0.39, 0.29) is 0 Å². The summed E-state index contributed by atoms with van der Waals surface area (Å²) in [4.78, 5) is 0. The Morgan fingerprint density at radius 3 is 2.38 bits per heavy atom. The molecule has 2 nitrogen and oxygen atoms in total. The molecule has 0 atom stereocenters. The Bertz CT molecular complexity index is 1220. The lowest BCUT2D eigenvalue weighted by Crippen LogP contribution is -1.97. The van der Waals surface area contributed by atoms with Crippen LogP contribution >= 0.6 is 22.6 Å². The highest BCUT2D eigenvalue weighted by molar-refractivity contribution is 14.1. The highest BCUT2D eigenvalue weighted by atomic mass is 127. The minimum absolute atomic E-state index is 0.486. The minimum Gasteiger partial charge on any atom is -0.488 e. The first kappa shape index (κ1) is 19.2. The first-order valence-corrected chi connectivity index (χ1v) is 10.4. The summed E-state index contributed by atoms with van der Waals surface area (Å²) >= 11 is 2.29. The average Bonchev–Trinajstić information content (AvgIpc) is 2.77. The second kappa shape index (κ2) is 8.93. The van der Waals surface area contributed by atoms with Gasteiger partial charge in [0.05, 0.1) is 11.6 Å². The number of allylic oxidation sites excluding steroid dienone is 1. The van der Waals surface area contributed by atoms with Crippen LogP contribution in [0.1, 0.15) is 16.7 Å². The minimum atomic E-state index is 0.486. The van der Waals surface area contributed by atoms with E-state index in [0.717, 1.165) is 33.2 Å². The standard InChI is InChI=1S/C26H18INO/c27-25-13-9-19(10-14-25)18-29-26-8-4-3-7-23(26)16-24(17-28)22-12-11-20-5-1-2-6-21(20)15-22/h1-16H,18H2/b24-16-. The summed E-state index contributed by atoms with van der Waals surface area (Å²) in [6, 6.07) is 32.7. The van der Waals surface area contributed by atoms with Gasteiger partial charge in [0, 0.05) is 9.13 Å². The molecule has 4 aromatic carbocycles. The van der Waals surface area contributed by atoms with Gasteiger partial charge in [-0.05, 0) is 74.8 Å². The Kier molecular flexibility index (Phi) is 5.92. The van der Waals surface area contributed by atoms with Crippen molar-refractivity contribution in [1.29, 1.82) is 5.26 Å². The van der Waals surface area contributed by atoms with E-state index < -0.39 is 0 Å². The smallest absolute Gasteiger partial charge is 0.127 e. The molecule has 0 saturated carbocycles. The molecule has 0 N–H and O–H groups in total. The van der Waals surface area contributed by atoms with Crippen LogP contribution in [0.4, 0.5) is 0 Å². The second-order valence-electron chi connectivity index (χ2n) is 6.68. The molecule has 0 heterocycles. The molecule has 0 aromatic heterocycles. The molecule has 0 unspecified atom stereocenters. The van der Waals surface area contributed by atoms with Crippen molar-refractivity contribution in [1.82, 2.24) is 0 Å². The average molecular weight is 487 g/mol. The van der Waals surface area contributed by atoms with E-state index in [4.69, 9.17) is 4.74 Å². The highest BCUT2D eigenvalue weighted by Crippen LogP contribution is 2.27. The van der Waals surface area contributed by atoms with Gasteiger partial charge in [0.2, 0.25) is 0 Å². The largest absolute Gasteiger partial charge is 0.488 e. The third-order valence-electron chi connectivity index (χ3n) is 4.71. The van der Waals surface area contributed by atoms with Gasteiger partial charge >= 0.3 is 0 Å². The van der Waals surface area contributed by atoms with E-state index in [1.165, 1.54) is 3.57 Å². The van der Waals surface area contributed by atoms with Gasteiger partial charge in [-0.25, -0.2) is 0 Å². The molecule has 0 aliphatic heterocycles. The molecule has 0 saturated heterocycles. The van der Waals surface area contributed by atoms with Gasteiger partial charge in [-0.15, -0.1) is 0 Å².